The van der Waals surface area contributed by atoms with Crippen LogP contribution >= 0.6 is 11.6 Å². The monoisotopic (exact) mass is 873 g/mol. The van der Waals surface area contributed by atoms with Crippen LogP contribution in [0.3, 0.4) is 0 Å². The normalized spacial score (nSPS) is 22.0. The van der Waals surface area contributed by atoms with Gasteiger partial charge in [0, 0.05) is 82.8 Å². The number of nitrogens with one attached hydrogen (secondary N) is 1. The highest BCUT2D eigenvalue weighted by Gasteiger charge is 2.40. The predicted molar refractivity (Wildman–Crippen MR) is 230 cm³/mol. The summed E-state index contributed by atoms with van der Waals surface area (Å²) in [6.07, 6.45) is 11.8. The summed E-state index contributed by atoms with van der Waals surface area (Å²) in [6, 6.07) is 6.88. The Bertz CT molecular complexity index is 2330. The summed E-state index contributed by atoms with van der Waals surface area (Å²) in [6.45, 7) is 5.79. The summed E-state index contributed by atoms with van der Waals surface area (Å²) in [5.41, 5.74) is 7.45. The molecule has 7 heterocycles. The van der Waals surface area contributed by atoms with Gasteiger partial charge < -0.3 is 30.7 Å². The number of alkyl halides is 2. The number of nitrogens with two attached hydrogens (primary N) is 1. The van der Waals surface area contributed by atoms with E-state index in [9.17, 15) is 28.0 Å². The van der Waals surface area contributed by atoms with E-state index in [1.165, 1.54) is 21.8 Å². The number of rotatable bonds is 9. The fraction of sp³-hybridized carbons (Fsp3) is 0.568. The molecule has 0 bridgehead atoms. The average molecular weight is 874 g/mol. The first-order chi connectivity index (χ1) is 29.9. The Morgan fingerprint density at radius 1 is 0.968 bits per heavy atom. The molecule has 0 radical (unpaired) electrons. The number of hydrogen-bond donors (Lipinski definition) is 2. The quantitative estimate of drug-likeness (QED) is 0.187. The number of carbonyl (C=O) groups excluding carboxylic acids is 4. The van der Waals surface area contributed by atoms with E-state index in [0.717, 1.165) is 90.4 Å². The number of benzene rings is 1. The van der Waals surface area contributed by atoms with Crippen LogP contribution in [0.5, 0.6) is 0 Å². The van der Waals surface area contributed by atoms with E-state index in [4.69, 9.17) is 22.3 Å². The van der Waals surface area contributed by atoms with Gasteiger partial charge in [0.1, 0.15) is 17.2 Å². The van der Waals surface area contributed by atoms with Crippen LogP contribution in [0.15, 0.2) is 42.9 Å². The van der Waals surface area contributed by atoms with Crippen LogP contribution in [0.4, 0.5) is 26.0 Å². The van der Waals surface area contributed by atoms with Gasteiger partial charge in [-0.25, -0.2) is 18.3 Å². The first kappa shape index (κ1) is 42.3. The van der Waals surface area contributed by atoms with Gasteiger partial charge in [0.2, 0.25) is 5.91 Å². The number of hydrogen-bond acceptors (Lipinski definition) is 10. The Kier molecular flexibility index (Phi) is 12.0. The van der Waals surface area contributed by atoms with Gasteiger partial charge in [0.25, 0.3) is 18.2 Å². The number of amides is 3. The zero-order valence-electron chi connectivity index (χ0n) is 34.9. The van der Waals surface area contributed by atoms with E-state index in [1.54, 1.807) is 29.1 Å². The van der Waals surface area contributed by atoms with Crippen molar-refractivity contribution < 1.29 is 28.0 Å². The van der Waals surface area contributed by atoms with Crippen molar-refractivity contribution in [2.24, 2.45) is 17.1 Å². The number of Topliss-reactive ketones (excluding diaryl/α,β-unsaturated/α-hetero) is 1. The van der Waals surface area contributed by atoms with Crippen molar-refractivity contribution in [3.63, 3.8) is 0 Å². The minimum Gasteiger partial charge on any atom is -0.355 e. The summed E-state index contributed by atoms with van der Waals surface area (Å²) >= 11 is 6.45. The molecule has 330 valence electrons. The molecule has 4 saturated heterocycles. The smallest absolute Gasteiger partial charge is 0.284 e. The molecule has 3 N–H and O–H groups in total. The highest BCUT2D eigenvalue weighted by molar-refractivity contribution is 6.34. The van der Waals surface area contributed by atoms with Crippen molar-refractivity contribution in [2.45, 2.75) is 95.6 Å². The van der Waals surface area contributed by atoms with Gasteiger partial charge in [-0.3, -0.25) is 23.9 Å². The van der Waals surface area contributed by atoms with E-state index in [1.807, 2.05) is 11.0 Å². The molecular formula is C44H54ClF2N11O4. The molecule has 5 fully saturated rings. The van der Waals surface area contributed by atoms with E-state index in [-0.39, 0.29) is 65.7 Å². The summed E-state index contributed by atoms with van der Waals surface area (Å²) in [5.74, 6) is 0.251. The zero-order valence-corrected chi connectivity index (χ0v) is 35.6. The van der Waals surface area contributed by atoms with Gasteiger partial charge >= 0.3 is 0 Å². The van der Waals surface area contributed by atoms with Crippen LogP contribution in [0.2, 0.25) is 5.02 Å². The number of ketones is 1. The third-order valence-corrected chi connectivity index (χ3v) is 14.4. The Balaban J connectivity index is 0.751. The lowest BCUT2D eigenvalue weighted by Gasteiger charge is -2.47. The summed E-state index contributed by atoms with van der Waals surface area (Å²) in [4.78, 5) is 64.2. The molecule has 18 heteroatoms. The molecule has 1 aromatic carbocycles. The molecule has 0 unspecified atom stereocenters. The summed E-state index contributed by atoms with van der Waals surface area (Å²) < 4.78 is 31.7. The SMILES string of the molecule is N[C@H]1CCCN(c2ccn3ncc(C(=O)Nc4cn(C5CCN(CC6CCC7(CC6)CCN(C(=O)c6ccc(Cl)c(N8CCC(=O)CC8=O)c6)CC7)CC5)nc4C(F)F)c3n2)C1. The molecule has 5 aliphatic rings. The molecule has 4 aromatic rings. The maximum absolute atomic E-state index is 14.3. The Morgan fingerprint density at radius 3 is 2.47 bits per heavy atom. The molecule has 4 aliphatic heterocycles. The maximum Gasteiger partial charge on any atom is 0.284 e. The lowest BCUT2D eigenvalue weighted by molar-refractivity contribution is -0.128. The molecule has 15 nitrogen and oxygen atoms in total. The van der Waals surface area contributed by atoms with Gasteiger partial charge in [-0.1, -0.05) is 11.6 Å². The van der Waals surface area contributed by atoms with Crippen molar-refractivity contribution in [3.8, 4) is 0 Å². The van der Waals surface area contributed by atoms with Gasteiger partial charge in [0.15, 0.2) is 11.3 Å². The molecule has 62 heavy (non-hydrogen) atoms. The van der Waals surface area contributed by atoms with Crippen LogP contribution in [-0.4, -0.2) is 116 Å². The highest BCUT2D eigenvalue weighted by atomic mass is 35.5. The first-order valence-corrected chi connectivity index (χ1v) is 22.5. The van der Waals surface area contributed by atoms with E-state index >= 15 is 0 Å². The van der Waals surface area contributed by atoms with Crippen molar-refractivity contribution in [1.29, 1.82) is 0 Å². The molecule has 1 spiro atoms. The lowest BCUT2D eigenvalue weighted by atomic mass is 9.65. The first-order valence-electron chi connectivity index (χ1n) is 22.1. The molecule has 3 aromatic heterocycles. The molecule has 9 rings (SSSR count). The molecule has 1 aliphatic carbocycles. The van der Waals surface area contributed by atoms with Crippen LogP contribution in [0, 0.1) is 11.3 Å². The largest absolute Gasteiger partial charge is 0.355 e. The lowest BCUT2D eigenvalue weighted by Crippen LogP contribution is -2.45. The Hall–Kier alpha value is -5.00. The number of halogens is 3. The topological polar surface area (TPSA) is 167 Å². The van der Waals surface area contributed by atoms with Crippen molar-refractivity contribution in [3.05, 3.63) is 64.7 Å². The molecule has 1 atom stereocenters. The number of nitrogens with zero attached hydrogens (tertiary/aromatic N) is 9. The minimum atomic E-state index is -2.87. The number of carbonyl (C=O) groups is 4. The van der Waals surface area contributed by atoms with Crippen LogP contribution in [0.1, 0.15) is 116 Å². The second-order valence-electron chi connectivity index (χ2n) is 18.1. The second kappa shape index (κ2) is 17.6. The predicted octanol–water partition coefficient (Wildman–Crippen LogP) is 6.14. The van der Waals surface area contributed by atoms with Gasteiger partial charge in [-0.2, -0.15) is 10.2 Å². The number of piperidine rings is 4. The third-order valence-electron chi connectivity index (χ3n) is 14.1. The van der Waals surface area contributed by atoms with Gasteiger partial charge in [0.05, 0.1) is 35.1 Å². The van der Waals surface area contributed by atoms with Gasteiger partial charge in [-0.15, -0.1) is 0 Å². The van der Waals surface area contributed by atoms with Crippen LogP contribution < -0.4 is 20.9 Å². The fourth-order valence-electron chi connectivity index (χ4n) is 10.3. The van der Waals surface area contributed by atoms with Crippen molar-refractivity contribution >= 4 is 57.9 Å². The summed E-state index contributed by atoms with van der Waals surface area (Å²) in [5, 5.41) is 11.6. The maximum atomic E-state index is 14.3. The minimum absolute atomic E-state index is 0.0133. The standard InChI is InChI=1S/C44H54ClF2N11O4/c45-34-4-3-29(22-36(34)56-18-9-32(59)23-38(56)60)43(62)54-20-13-44(14-21-54)11-5-28(6-12-44)25-53-16-7-31(8-17-53)58-27-35(39(52-58)40(46)47)50-42(61)33-24-49-57-19-10-37(51-41(33)57)55-15-1-2-30(48)26-55/h3-4,10,19,22,24,27-28,30-31,40H,1-2,5-9,11-18,20-21,23,25-26,48H2,(H,50,61)/t30-/m0/s1. The number of likely N-dealkylation sites (tertiary alicyclic amines) is 2. The second-order valence-corrected chi connectivity index (χ2v) is 18.5. The molecule has 1 saturated carbocycles. The average Bonchev–Trinajstić information content (AvgIpc) is 3.90. The van der Waals surface area contributed by atoms with Crippen molar-refractivity contribution in [1.82, 2.24) is 34.2 Å². The van der Waals surface area contributed by atoms with E-state index in [0.29, 0.717) is 53.3 Å². The molecule has 3 amide bonds. The fourth-order valence-corrected chi connectivity index (χ4v) is 10.6. The summed E-state index contributed by atoms with van der Waals surface area (Å²) in [7, 11) is 0. The number of anilines is 3. The third kappa shape index (κ3) is 8.80. The Labute approximate surface area is 363 Å². The van der Waals surface area contributed by atoms with E-state index in [2.05, 4.69) is 25.3 Å². The van der Waals surface area contributed by atoms with Gasteiger partial charge in [-0.05, 0) is 99.8 Å². The van der Waals surface area contributed by atoms with Crippen molar-refractivity contribution in [2.75, 3.05) is 67.5 Å². The van der Waals surface area contributed by atoms with E-state index < -0.39 is 18.0 Å². The Morgan fingerprint density at radius 2 is 1.74 bits per heavy atom. The van der Waals surface area contributed by atoms with Crippen LogP contribution in [0.25, 0.3) is 5.65 Å². The zero-order chi connectivity index (χ0) is 43.1. The number of fused-ring (bicyclic) bond motifs is 1. The van der Waals surface area contributed by atoms with Crippen LogP contribution in [-0.2, 0) is 9.59 Å². The molecular weight excluding hydrogens is 820 g/mol. The number of aromatic nitrogens is 5. The highest BCUT2D eigenvalue weighted by Crippen LogP contribution is 2.47.